The first-order valence-corrected chi connectivity index (χ1v) is 6.36. The minimum absolute atomic E-state index is 0.335. The second-order valence-corrected chi connectivity index (χ2v) is 5.18. The summed E-state index contributed by atoms with van der Waals surface area (Å²) in [6.45, 7) is 0. The fourth-order valence-corrected chi connectivity index (χ4v) is 2.94. The van der Waals surface area contributed by atoms with Crippen LogP contribution in [0, 0.1) is 0 Å². The van der Waals surface area contributed by atoms with Crippen LogP contribution in [-0.4, -0.2) is 16.4 Å². The molecule has 0 aliphatic heterocycles. The van der Waals surface area contributed by atoms with Gasteiger partial charge in [0.2, 0.25) is 0 Å². The average Bonchev–Trinajstić information content (AvgIpc) is 2.32. The molecular formula is C7H8ClNO2S2. The monoisotopic (exact) mass is 237 g/mol. The van der Waals surface area contributed by atoms with Crippen molar-refractivity contribution < 1.29 is 9.00 Å². The van der Waals surface area contributed by atoms with Gasteiger partial charge in [-0.3, -0.25) is 9.00 Å². The zero-order valence-corrected chi connectivity index (χ0v) is 9.26. The van der Waals surface area contributed by atoms with Crippen molar-refractivity contribution in [2.75, 3.05) is 6.26 Å². The highest BCUT2D eigenvalue weighted by Crippen LogP contribution is 2.28. The summed E-state index contributed by atoms with van der Waals surface area (Å²) in [4.78, 5) is 11.1. The van der Waals surface area contributed by atoms with E-state index in [9.17, 15) is 9.00 Å². The predicted molar refractivity (Wildman–Crippen MR) is 55.6 cm³/mol. The predicted octanol–water partition coefficient (Wildman–Crippen LogP) is 1.38. The van der Waals surface area contributed by atoms with E-state index in [1.807, 2.05) is 0 Å². The summed E-state index contributed by atoms with van der Waals surface area (Å²) in [5.41, 5.74) is 5.79. The molecule has 0 saturated heterocycles. The topological polar surface area (TPSA) is 60.2 Å². The van der Waals surface area contributed by atoms with Gasteiger partial charge in [0.05, 0.1) is 10.8 Å². The molecular weight excluding hydrogens is 230 g/mol. The zero-order valence-electron chi connectivity index (χ0n) is 6.87. The first-order chi connectivity index (χ1) is 6.02. The van der Waals surface area contributed by atoms with Crippen LogP contribution in [0.4, 0.5) is 0 Å². The largest absolute Gasteiger partial charge is 0.365 e. The van der Waals surface area contributed by atoms with Crippen molar-refractivity contribution in [1.82, 2.24) is 0 Å². The summed E-state index contributed by atoms with van der Waals surface area (Å²) in [7, 11) is -0.957. The van der Waals surface area contributed by atoms with E-state index in [2.05, 4.69) is 0 Å². The van der Waals surface area contributed by atoms with Gasteiger partial charge in [0.15, 0.2) is 0 Å². The van der Waals surface area contributed by atoms with E-state index in [4.69, 9.17) is 17.3 Å². The van der Waals surface area contributed by atoms with Gasteiger partial charge in [0.25, 0.3) is 5.91 Å². The van der Waals surface area contributed by atoms with Crippen LogP contribution in [0.25, 0.3) is 0 Å². The van der Waals surface area contributed by atoms with Crippen molar-refractivity contribution in [2.45, 2.75) is 5.75 Å². The van der Waals surface area contributed by atoms with Crippen molar-refractivity contribution in [2.24, 2.45) is 5.73 Å². The first kappa shape index (κ1) is 10.7. The fraction of sp³-hybridized carbons (Fsp3) is 0.286. The van der Waals surface area contributed by atoms with E-state index in [1.165, 1.54) is 11.3 Å². The first-order valence-electron chi connectivity index (χ1n) is 3.38. The molecule has 1 aromatic heterocycles. The third-order valence-corrected chi connectivity index (χ3v) is 3.69. The molecule has 0 fully saturated rings. The second kappa shape index (κ2) is 4.21. The number of rotatable bonds is 3. The lowest BCUT2D eigenvalue weighted by Crippen LogP contribution is -2.09. The number of hydrogen-bond donors (Lipinski definition) is 1. The number of amides is 1. The highest BCUT2D eigenvalue weighted by Gasteiger charge is 2.14. The molecule has 72 valence electrons. The summed E-state index contributed by atoms with van der Waals surface area (Å²) in [6.07, 6.45) is 1.58. The molecule has 1 atom stereocenters. The number of carbonyl (C=O) groups is 1. The molecule has 0 aliphatic carbocycles. The van der Waals surface area contributed by atoms with Crippen molar-refractivity contribution in [3.8, 4) is 0 Å². The average molecular weight is 238 g/mol. The van der Waals surface area contributed by atoms with E-state index in [0.717, 1.165) is 5.56 Å². The molecule has 0 radical (unpaired) electrons. The third kappa shape index (κ3) is 2.52. The number of hydrogen-bond acceptors (Lipinski definition) is 3. The molecule has 2 N–H and O–H groups in total. The molecule has 1 heterocycles. The van der Waals surface area contributed by atoms with Crippen LogP contribution < -0.4 is 5.73 Å². The van der Waals surface area contributed by atoms with Crippen LogP contribution in [0.15, 0.2) is 5.38 Å². The lowest BCUT2D eigenvalue weighted by molar-refractivity contribution is 0.100. The Bertz CT molecular complexity index is 361. The molecule has 0 aliphatic rings. The maximum atomic E-state index is 10.9. The van der Waals surface area contributed by atoms with E-state index in [-0.39, 0.29) is 0 Å². The Balaban J connectivity index is 2.99. The molecule has 6 heteroatoms. The van der Waals surface area contributed by atoms with E-state index in [1.54, 1.807) is 11.6 Å². The van der Waals surface area contributed by atoms with Crippen LogP contribution in [0.2, 0.25) is 5.02 Å². The van der Waals surface area contributed by atoms with Crippen molar-refractivity contribution in [3.63, 3.8) is 0 Å². The van der Waals surface area contributed by atoms with Crippen LogP contribution in [0.5, 0.6) is 0 Å². The Morgan fingerprint density at radius 2 is 2.38 bits per heavy atom. The highest BCUT2D eigenvalue weighted by molar-refractivity contribution is 7.83. The maximum Gasteiger partial charge on any atom is 0.260 e. The zero-order chi connectivity index (χ0) is 10.0. The van der Waals surface area contributed by atoms with Crippen molar-refractivity contribution in [1.29, 1.82) is 0 Å². The lowest BCUT2D eigenvalue weighted by Gasteiger charge is -1.94. The van der Waals surface area contributed by atoms with Crippen molar-refractivity contribution >= 4 is 39.6 Å². The summed E-state index contributed by atoms with van der Waals surface area (Å²) < 4.78 is 10.9. The number of halogens is 1. The van der Waals surface area contributed by atoms with Gasteiger partial charge in [-0.25, -0.2) is 0 Å². The van der Waals surface area contributed by atoms with E-state index in [0.29, 0.717) is 15.7 Å². The SMILES string of the molecule is CS(=O)Cc1csc(C(N)=O)c1Cl. The number of thiophene rings is 1. The molecule has 1 rings (SSSR count). The molecule has 1 aromatic rings. The van der Waals surface area contributed by atoms with E-state index >= 15 is 0 Å². The highest BCUT2D eigenvalue weighted by atomic mass is 35.5. The fourth-order valence-electron chi connectivity index (χ4n) is 0.862. The van der Waals surface area contributed by atoms with Gasteiger partial charge in [-0.15, -0.1) is 11.3 Å². The Kier molecular flexibility index (Phi) is 3.47. The van der Waals surface area contributed by atoms with Crippen LogP contribution in [0.3, 0.4) is 0 Å². The Morgan fingerprint density at radius 1 is 1.77 bits per heavy atom. The molecule has 0 aromatic carbocycles. The number of nitrogens with two attached hydrogens (primary N) is 1. The summed E-state index contributed by atoms with van der Waals surface area (Å²) in [5, 5.41) is 2.05. The van der Waals surface area contributed by atoms with Crippen molar-refractivity contribution in [3.05, 3.63) is 20.8 Å². The normalized spacial score (nSPS) is 12.8. The minimum atomic E-state index is -0.957. The number of carbonyl (C=O) groups excluding carboxylic acids is 1. The maximum absolute atomic E-state index is 10.9. The van der Waals surface area contributed by atoms with Crippen LogP contribution in [0.1, 0.15) is 15.2 Å². The van der Waals surface area contributed by atoms with Gasteiger partial charge >= 0.3 is 0 Å². The van der Waals surface area contributed by atoms with Gasteiger partial charge in [0.1, 0.15) is 4.88 Å². The standard InChI is InChI=1S/C7H8ClNO2S2/c1-13(11)3-4-2-12-6(5(4)8)7(9)10/h2H,3H2,1H3,(H2,9,10). The molecule has 1 amide bonds. The second-order valence-electron chi connectivity index (χ2n) is 2.49. The van der Waals surface area contributed by atoms with Gasteiger partial charge < -0.3 is 5.73 Å². The quantitative estimate of drug-likeness (QED) is 0.864. The minimum Gasteiger partial charge on any atom is -0.365 e. The molecule has 0 spiro atoms. The number of primary amides is 1. The molecule has 13 heavy (non-hydrogen) atoms. The summed E-state index contributed by atoms with van der Waals surface area (Å²) >= 11 is 7.02. The Labute approximate surface area is 87.3 Å². The summed E-state index contributed by atoms with van der Waals surface area (Å²) in [5.74, 6) is -0.175. The van der Waals surface area contributed by atoms with E-state index < -0.39 is 16.7 Å². The molecule has 1 unspecified atom stereocenters. The summed E-state index contributed by atoms with van der Waals surface area (Å²) in [6, 6.07) is 0. The Morgan fingerprint density at radius 3 is 2.77 bits per heavy atom. The molecule has 0 bridgehead atoms. The van der Waals surface area contributed by atoms with Gasteiger partial charge in [-0.2, -0.15) is 0 Å². The molecule has 3 nitrogen and oxygen atoms in total. The third-order valence-electron chi connectivity index (χ3n) is 1.38. The van der Waals surface area contributed by atoms with Crippen LogP contribution in [-0.2, 0) is 16.6 Å². The van der Waals surface area contributed by atoms with Gasteiger partial charge in [-0.1, -0.05) is 11.6 Å². The lowest BCUT2D eigenvalue weighted by atomic mass is 10.3. The smallest absolute Gasteiger partial charge is 0.260 e. The molecule has 0 saturated carbocycles. The Hall–Kier alpha value is -0.390. The van der Waals surface area contributed by atoms with Crippen LogP contribution >= 0.6 is 22.9 Å². The van der Waals surface area contributed by atoms with Gasteiger partial charge in [-0.05, 0) is 10.9 Å². The van der Waals surface area contributed by atoms with Gasteiger partial charge in [0, 0.05) is 17.1 Å².